The van der Waals surface area contributed by atoms with Crippen molar-refractivity contribution >= 4 is 17.5 Å². The molecule has 5 rings (SSSR count). The van der Waals surface area contributed by atoms with Crippen molar-refractivity contribution in [2.45, 2.75) is 30.6 Å². The van der Waals surface area contributed by atoms with Gasteiger partial charge in [-0.3, -0.25) is 19.3 Å². The minimum atomic E-state index is -2.98. The summed E-state index contributed by atoms with van der Waals surface area (Å²) in [5.41, 5.74) is 1.63. The summed E-state index contributed by atoms with van der Waals surface area (Å²) in [7, 11) is 2.94. The van der Waals surface area contributed by atoms with Crippen molar-refractivity contribution in [2.24, 2.45) is 17.6 Å². The molecule has 2 aromatic rings. The fourth-order valence-electron chi connectivity index (χ4n) is 6.49. The summed E-state index contributed by atoms with van der Waals surface area (Å²) in [4.78, 5) is 40.8. The Morgan fingerprint density at radius 3 is 2.23 bits per heavy atom. The number of carbonyl (C=O) groups excluding carboxylic acids is 3. The third kappa shape index (κ3) is 3.40. The third-order valence-corrected chi connectivity index (χ3v) is 8.29. The molecule has 0 heterocycles. The average molecular weight is 539 g/mol. The molecule has 39 heavy (non-hydrogen) atoms. The maximum absolute atomic E-state index is 13.9. The Morgan fingerprint density at radius 2 is 1.67 bits per heavy atom. The van der Waals surface area contributed by atoms with E-state index in [1.807, 2.05) is 0 Å². The molecular formula is C28H27FN2O8. The van der Waals surface area contributed by atoms with E-state index in [0.717, 1.165) is 0 Å². The zero-order valence-electron chi connectivity index (χ0n) is 21.2. The number of likely N-dealkylation sites (N-methyl/N-ethyl adjacent to an activating group) is 1. The van der Waals surface area contributed by atoms with Gasteiger partial charge in [-0.25, -0.2) is 4.39 Å². The van der Waals surface area contributed by atoms with E-state index < -0.39 is 87.2 Å². The summed E-state index contributed by atoms with van der Waals surface area (Å²) in [6.07, 6.45) is -1.67. The van der Waals surface area contributed by atoms with Crippen LogP contribution in [0.3, 0.4) is 0 Å². The van der Waals surface area contributed by atoms with Crippen molar-refractivity contribution in [3.05, 3.63) is 76.0 Å². The number of Topliss-reactive ketones (excluding diaryl/α,β-unsaturated/α-hetero) is 2. The molecule has 0 saturated heterocycles. The zero-order chi connectivity index (χ0) is 28.7. The number of phenols is 1. The average Bonchev–Trinajstić information content (AvgIpc) is 2.86. The number of rotatable bonds is 3. The van der Waals surface area contributed by atoms with Crippen LogP contribution < -0.4 is 5.73 Å². The third-order valence-electron chi connectivity index (χ3n) is 8.29. The monoisotopic (exact) mass is 538 g/mol. The zero-order valence-corrected chi connectivity index (χ0v) is 21.2. The van der Waals surface area contributed by atoms with E-state index in [9.17, 15) is 44.3 Å². The maximum atomic E-state index is 13.9. The van der Waals surface area contributed by atoms with Crippen LogP contribution in [0.15, 0.2) is 59.1 Å². The van der Waals surface area contributed by atoms with Gasteiger partial charge in [-0.2, -0.15) is 0 Å². The first-order valence-electron chi connectivity index (χ1n) is 12.2. The minimum Gasteiger partial charge on any atom is -0.510 e. The van der Waals surface area contributed by atoms with Gasteiger partial charge in [-0.15, -0.1) is 0 Å². The Bertz CT molecular complexity index is 1510. The van der Waals surface area contributed by atoms with Gasteiger partial charge in [0.15, 0.2) is 11.4 Å². The number of hydrogen-bond acceptors (Lipinski definition) is 9. The van der Waals surface area contributed by atoms with E-state index >= 15 is 0 Å². The highest BCUT2D eigenvalue weighted by Crippen LogP contribution is 2.56. The topological polar surface area (TPSA) is 182 Å². The maximum Gasteiger partial charge on any atom is 0.255 e. The second kappa shape index (κ2) is 8.73. The first-order chi connectivity index (χ1) is 18.2. The van der Waals surface area contributed by atoms with E-state index in [1.54, 1.807) is 19.1 Å². The smallest absolute Gasteiger partial charge is 0.255 e. The number of ketones is 2. The number of benzene rings is 2. The SMILES string of the molecule is C[C@H]1c2ccc(-c3ccc(F)cc3)c(O)c2C(=O)C2=C(O)[C@]3(O)C(=O)C(C(N)=O)=C(O)C(N(C)C)[C@@H]3[C@@H](O)[C@@H]21. The van der Waals surface area contributed by atoms with Crippen LogP contribution in [-0.2, 0) is 9.59 Å². The van der Waals surface area contributed by atoms with Crippen molar-refractivity contribution in [3.8, 4) is 16.9 Å². The standard InChI is InChI=1S/C28H27FN2O8/c1-10-13-8-9-14(11-4-6-12(29)7-5-11)21(32)16(13)22(33)17-15(10)23(34)19-20(31(2)3)24(35)18(27(30)38)26(37)28(19,39)25(17)36/h4-10,15,19-20,23,32,34-36,39H,1-3H3,(H2,30,38)/t10-,15+,19+,20?,23-,28-/m0/s1. The summed E-state index contributed by atoms with van der Waals surface area (Å²) in [6.45, 7) is 1.65. The Balaban J connectivity index is 1.76. The number of aliphatic hydroxyl groups excluding tert-OH is 3. The molecule has 2 aromatic carbocycles. The molecule has 0 aliphatic heterocycles. The van der Waals surface area contributed by atoms with Crippen LogP contribution in [0.25, 0.3) is 11.1 Å². The molecule has 3 aliphatic carbocycles. The molecule has 10 nitrogen and oxygen atoms in total. The van der Waals surface area contributed by atoms with Crippen LogP contribution in [0.2, 0.25) is 0 Å². The number of aliphatic hydroxyl groups is 4. The first-order valence-corrected chi connectivity index (χ1v) is 12.2. The molecule has 204 valence electrons. The number of nitrogens with zero attached hydrogens (tertiary/aromatic N) is 1. The number of halogens is 1. The van der Waals surface area contributed by atoms with Gasteiger partial charge in [0.1, 0.15) is 28.7 Å². The predicted molar refractivity (Wildman–Crippen MR) is 135 cm³/mol. The lowest BCUT2D eigenvalue weighted by molar-refractivity contribution is -0.162. The van der Waals surface area contributed by atoms with Crippen molar-refractivity contribution < 1.29 is 44.3 Å². The van der Waals surface area contributed by atoms with Crippen molar-refractivity contribution in [1.82, 2.24) is 4.90 Å². The number of amides is 1. The largest absolute Gasteiger partial charge is 0.510 e. The molecule has 0 spiro atoms. The number of fused-ring (bicyclic) bond motifs is 3. The van der Waals surface area contributed by atoms with Crippen LogP contribution in [0, 0.1) is 17.7 Å². The molecule has 11 heteroatoms. The molecule has 0 bridgehead atoms. The molecule has 1 amide bonds. The number of nitrogens with two attached hydrogens (primary N) is 1. The minimum absolute atomic E-state index is 0.200. The highest BCUT2D eigenvalue weighted by atomic mass is 19.1. The first kappa shape index (κ1) is 26.5. The van der Waals surface area contributed by atoms with Crippen molar-refractivity contribution in [3.63, 3.8) is 0 Å². The molecular weight excluding hydrogens is 511 g/mol. The van der Waals surface area contributed by atoms with Crippen LogP contribution in [-0.4, -0.2) is 79.7 Å². The van der Waals surface area contributed by atoms with Crippen LogP contribution >= 0.6 is 0 Å². The van der Waals surface area contributed by atoms with Crippen LogP contribution in [0.1, 0.15) is 28.8 Å². The lowest BCUT2D eigenvalue weighted by atomic mass is 9.55. The van der Waals surface area contributed by atoms with Crippen LogP contribution in [0.4, 0.5) is 4.39 Å². The van der Waals surface area contributed by atoms with Gasteiger partial charge < -0.3 is 31.3 Å². The highest BCUT2D eigenvalue weighted by molar-refractivity contribution is 6.25. The van der Waals surface area contributed by atoms with Gasteiger partial charge in [-0.05, 0) is 43.3 Å². The van der Waals surface area contributed by atoms with Gasteiger partial charge in [-0.1, -0.05) is 31.2 Å². The summed E-state index contributed by atoms with van der Waals surface area (Å²) < 4.78 is 13.5. The van der Waals surface area contributed by atoms with Gasteiger partial charge in [0, 0.05) is 17.1 Å². The number of carbonyl (C=O) groups is 3. The normalized spacial score (nSPS) is 30.3. The second-order valence-corrected chi connectivity index (χ2v) is 10.5. The summed E-state index contributed by atoms with van der Waals surface area (Å²) in [5.74, 6) is -10.0. The van der Waals surface area contributed by atoms with E-state index in [-0.39, 0.29) is 11.1 Å². The molecule has 0 saturated carbocycles. The number of aromatic hydroxyl groups is 1. The van der Waals surface area contributed by atoms with Gasteiger partial charge in [0.25, 0.3) is 5.91 Å². The summed E-state index contributed by atoms with van der Waals surface area (Å²) in [5, 5.41) is 56.8. The van der Waals surface area contributed by atoms with Gasteiger partial charge in [0.05, 0.1) is 23.6 Å². The van der Waals surface area contributed by atoms with Crippen molar-refractivity contribution in [2.75, 3.05) is 14.1 Å². The number of hydrogen-bond donors (Lipinski definition) is 6. The van der Waals surface area contributed by atoms with Crippen LogP contribution in [0.5, 0.6) is 5.75 Å². The second-order valence-electron chi connectivity index (χ2n) is 10.5. The lowest BCUT2D eigenvalue weighted by Gasteiger charge is -2.53. The Hall–Kier alpha value is -4.06. The number of primary amides is 1. The molecule has 0 aromatic heterocycles. The molecule has 0 fully saturated rings. The summed E-state index contributed by atoms with van der Waals surface area (Å²) >= 11 is 0. The van der Waals surface area contributed by atoms with E-state index in [2.05, 4.69) is 0 Å². The Morgan fingerprint density at radius 1 is 1.05 bits per heavy atom. The van der Waals surface area contributed by atoms with E-state index in [0.29, 0.717) is 11.1 Å². The molecule has 1 unspecified atom stereocenters. The Kier molecular flexibility index (Phi) is 5.94. The van der Waals surface area contributed by atoms with Gasteiger partial charge >= 0.3 is 0 Å². The molecule has 0 radical (unpaired) electrons. The molecule has 3 aliphatic rings. The lowest BCUT2D eigenvalue weighted by Crippen LogP contribution is -2.68. The van der Waals surface area contributed by atoms with Gasteiger partial charge in [0.2, 0.25) is 5.78 Å². The van der Waals surface area contributed by atoms with E-state index in [4.69, 9.17) is 5.73 Å². The summed E-state index contributed by atoms with van der Waals surface area (Å²) in [6, 6.07) is 7.00. The highest BCUT2D eigenvalue weighted by Gasteiger charge is 2.67. The predicted octanol–water partition coefficient (Wildman–Crippen LogP) is 1.46. The molecule has 7 N–H and O–H groups in total. The number of phenolic OH excluding ortho intramolecular Hbond substituents is 1. The van der Waals surface area contributed by atoms with Crippen molar-refractivity contribution in [1.29, 1.82) is 0 Å². The Labute approximate surface area is 222 Å². The fraction of sp³-hybridized carbons (Fsp3) is 0.321. The van der Waals surface area contributed by atoms with E-state index in [1.165, 1.54) is 43.3 Å². The fourth-order valence-corrected chi connectivity index (χ4v) is 6.49. The quantitative estimate of drug-likeness (QED) is 0.315. The molecule has 6 atom stereocenters.